The maximum Gasteiger partial charge on any atom is 0.208 e. The van der Waals surface area contributed by atoms with Gasteiger partial charge in [0.15, 0.2) is 0 Å². The van der Waals surface area contributed by atoms with Crippen molar-refractivity contribution >= 4 is 5.95 Å². The predicted octanol–water partition coefficient (Wildman–Crippen LogP) is 3.24. The summed E-state index contributed by atoms with van der Waals surface area (Å²) in [6.45, 7) is 8.97. The first kappa shape index (κ1) is 14.6. The van der Waals surface area contributed by atoms with E-state index >= 15 is 0 Å². The molecule has 0 aliphatic heterocycles. The molecule has 1 aromatic heterocycles. The van der Waals surface area contributed by atoms with Crippen LogP contribution in [0.5, 0.6) is 0 Å². The highest BCUT2D eigenvalue weighted by Crippen LogP contribution is 2.21. The first-order valence-corrected chi connectivity index (χ1v) is 6.90. The van der Waals surface area contributed by atoms with Crippen LogP contribution in [-0.2, 0) is 4.74 Å². The fraction of sp³-hybridized carbons (Fsp3) is 0.438. The molecule has 0 saturated heterocycles. The number of imidazole rings is 1. The highest BCUT2D eigenvalue weighted by molar-refractivity contribution is 5.49. The van der Waals surface area contributed by atoms with E-state index < -0.39 is 0 Å². The summed E-state index contributed by atoms with van der Waals surface area (Å²) in [7, 11) is 1.71. The lowest BCUT2D eigenvalue weighted by Gasteiger charge is -2.16. The minimum Gasteiger partial charge on any atom is -0.383 e. The zero-order chi connectivity index (χ0) is 14.7. The molecule has 0 radical (unpaired) electrons. The number of aryl methyl sites for hydroxylation is 3. The largest absolute Gasteiger partial charge is 0.383 e. The number of rotatable bonds is 5. The molecule has 1 N–H and O–H groups in total. The lowest BCUT2D eigenvalue weighted by Crippen LogP contribution is -2.23. The molecule has 4 heteroatoms. The summed E-state index contributed by atoms with van der Waals surface area (Å²) in [5, 5.41) is 3.40. The van der Waals surface area contributed by atoms with Gasteiger partial charge in [-0.1, -0.05) is 12.1 Å². The molecule has 0 fully saturated rings. The van der Waals surface area contributed by atoms with Crippen LogP contribution in [0.1, 0.15) is 23.7 Å². The highest BCUT2D eigenvalue weighted by atomic mass is 16.5. The first-order chi connectivity index (χ1) is 9.51. The summed E-state index contributed by atoms with van der Waals surface area (Å²) in [6.07, 6.45) is 2.06. The lowest BCUT2D eigenvalue weighted by atomic mass is 10.1. The number of aromatic nitrogens is 2. The van der Waals surface area contributed by atoms with E-state index in [9.17, 15) is 0 Å². The number of hydrogen-bond acceptors (Lipinski definition) is 3. The summed E-state index contributed by atoms with van der Waals surface area (Å²) in [5.41, 5.74) is 4.64. The average molecular weight is 273 g/mol. The Kier molecular flexibility index (Phi) is 4.45. The molecule has 0 spiro atoms. The third-order valence-electron chi connectivity index (χ3n) is 3.24. The minimum absolute atomic E-state index is 0.214. The Bertz CT molecular complexity index is 589. The van der Waals surface area contributed by atoms with E-state index in [1.165, 1.54) is 11.1 Å². The number of anilines is 1. The number of methoxy groups -OCH3 is 1. The summed E-state index contributed by atoms with van der Waals surface area (Å²) < 4.78 is 7.29. The Hall–Kier alpha value is -1.81. The number of hydrogen-bond donors (Lipinski definition) is 1. The molecule has 1 unspecified atom stereocenters. The molecule has 0 aliphatic carbocycles. The molecule has 1 atom stereocenters. The monoisotopic (exact) mass is 273 g/mol. The Morgan fingerprint density at radius 1 is 1.30 bits per heavy atom. The van der Waals surface area contributed by atoms with Gasteiger partial charge in [-0.05, 0) is 44.9 Å². The number of nitrogens with one attached hydrogen (secondary N) is 1. The van der Waals surface area contributed by atoms with Gasteiger partial charge < -0.3 is 10.1 Å². The quantitative estimate of drug-likeness (QED) is 0.909. The van der Waals surface area contributed by atoms with E-state index in [4.69, 9.17) is 4.74 Å². The number of ether oxygens (including phenoxy) is 1. The Labute approximate surface area is 120 Å². The molecule has 1 heterocycles. The van der Waals surface area contributed by atoms with Gasteiger partial charge in [-0.25, -0.2) is 4.98 Å². The van der Waals surface area contributed by atoms with Crippen molar-refractivity contribution in [2.75, 3.05) is 19.0 Å². The Morgan fingerprint density at radius 3 is 2.75 bits per heavy atom. The number of benzene rings is 1. The molecule has 4 nitrogen and oxygen atoms in total. The smallest absolute Gasteiger partial charge is 0.208 e. The van der Waals surface area contributed by atoms with Crippen molar-refractivity contribution in [2.24, 2.45) is 0 Å². The second-order valence-electron chi connectivity index (χ2n) is 5.37. The van der Waals surface area contributed by atoms with Crippen molar-refractivity contribution in [3.8, 4) is 5.69 Å². The molecule has 20 heavy (non-hydrogen) atoms. The second-order valence-corrected chi connectivity index (χ2v) is 5.37. The van der Waals surface area contributed by atoms with Crippen LogP contribution in [0.3, 0.4) is 0 Å². The molecule has 108 valence electrons. The molecule has 0 amide bonds. The predicted molar refractivity (Wildman–Crippen MR) is 82.7 cm³/mol. The number of nitrogens with zero attached hydrogens (tertiary/aromatic N) is 2. The SMILES string of the molecule is COCC(C)Nc1nc(C)cn1-c1cc(C)ccc1C. The Morgan fingerprint density at radius 2 is 2.05 bits per heavy atom. The molecule has 2 aromatic rings. The van der Waals surface area contributed by atoms with Crippen molar-refractivity contribution in [3.63, 3.8) is 0 Å². The van der Waals surface area contributed by atoms with Crippen LogP contribution in [0, 0.1) is 20.8 Å². The zero-order valence-corrected chi connectivity index (χ0v) is 12.9. The van der Waals surface area contributed by atoms with E-state index in [0.29, 0.717) is 6.61 Å². The van der Waals surface area contributed by atoms with Crippen LogP contribution in [0.15, 0.2) is 24.4 Å². The van der Waals surface area contributed by atoms with Gasteiger partial charge in [0, 0.05) is 19.3 Å². The van der Waals surface area contributed by atoms with Crippen LogP contribution in [0.25, 0.3) is 5.69 Å². The van der Waals surface area contributed by atoms with Gasteiger partial charge in [0.1, 0.15) is 0 Å². The van der Waals surface area contributed by atoms with Crippen LogP contribution >= 0.6 is 0 Å². The summed E-state index contributed by atoms with van der Waals surface area (Å²) in [5.74, 6) is 0.862. The van der Waals surface area contributed by atoms with Gasteiger partial charge in [-0.2, -0.15) is 0 Å². The first-order valence-electron chi connectivity index (χ1n) is 6.90. The van der Waals surface area contributed by atoms with Crippen LogP contribution in [-0.4, -0.2) is 29.3 Å². The average Bonchev–Trinajstić information content (AvgIpc) is 2.73. The molecule has 0 bridgehead atoms. The topological polar surface area (TPSA) is 39.1 Å². The minimum atomic E-state index is 0.214. The summed E-state index contributed by atoms with van der Waals surface area (Å²) >= 11 is 0. The van der Waals surface area contributed by atoms with Crippen molar-refractivity contribution in [1.82, 2.24) is 9.55 Å². The zero-order valence-electron chi connectivity index (χ0n) is 12.9. The fourth-order valence-electron chi connectivity index (χ4n) is 2.27. The molecular formula is C16H23N3O. The lowest BCUT2D eigenvalue weighted by molar-refractivity contribution is 0.190. The van der Waals surface area contributed by atoms with Crippen LogP contribution in [0.2, 0.25) is 0 Å². The van der Waals surface area contributed by atoms with E-state index in [-0.39, 0.29) is 6.04 Å². The van der Waals surface area contributed by atoms with Crippen molar-refractivity contribution < 1.29 is 4.74 Å². The fourth-order valence-corrected chi connectivity index (χ4v) is 2.27. The maximum atomic E-state index is 5.17. The normalized spacial score (nSPS) is 12.4. The molecule has 1 aromatic carbocycles. The third kappa shape index (κ3) is 3.20. The van der Waals surface area contributed by atoms with Crippen LogP contribution < -0.4 is 5.32 Å². The van der Waals surface area contributed by atoms with E-state index in [0.717, 1.165) is 17.3 Å². The van der Waals surface area contributed by atoms with Gasteiger partial charge >= 0.3 is 0 Å². The van der Waals surface area contributed by atoms with Gasteiger partial charge in [-0.3, -0.25) is 4.57 Å². The van der Waals surface area contributed by atoms with Gasteiger partial charge in [0.25, 0.3) is 0 Å². The highest BCUT2D eigenvalue weighted by Gasteiger charge is 2.12. The van der Waals surface area contributed by atoms with Gasteiger partial charge in [0.2, 0.25) is 5.95 Å². The van der Waals surface area contributed by atoms with Gasteiger partial charge in [-0.15, -0.1) is 0 Å². The second kappa shape index (κ2) is 6.09. The molecule has 0 saturated carbocycles. The van der Waals surface area contributed by atoms with Gasteiger partial charge in [0.05, 0.1) is 18.0 Å². The van der Waals surface area contributed by atoms with E-state index in [1.807, 2.05) is 6.92 Å². The maximum absolute atomic E-state index is 5.17. The van der Waals surface area contributed by atoms with Crippen molar-refractivity contribution in [1.29, 1.82) is 0 Å². The summed E-state index contributed by atoms with van der Waals surface area (Å²) in [4.78, 5) is 4.58. The summed E-state index contributed by atoms with van der Waals surface area (Å²) in [6, 6.07) is 6.67. The van der Waals surface area contributed by atoms with Crippen LogP contribution in [0.4, 0.5) is 5.95 Å². The van der Waals surface area contributed by atoms with Crippen molar-refractivity contribution in [3.05, 3.63) is 41.2 Å². The molecule has 2 rings (SSSR count). The standard InChI is InChI=1S/C16H23N3O/c1-11-6-7-12(2)15(8-11)19-9-13(3)17-16(19)18-14(4)10-20-5/h6-9,14H,10H2,1-5H3,(H,17,18). The molecular weight excluding hydrogens is 250 g/mol. The van der Waals surface area contributed by atoms with E-state index in [1.54, 1.807) is 7.11 Å². The van der Waals surface area contributed by atoms with E-state index in [2.05, 4.69) is 60.0 Å². The molecule has 0 aliphatic rings. The van der Waals surface area contributed by atoms with Crippen molar-refractivity contribution in [2.45, 2.75) is 33.7 Å². The Balaban J connectivity index is 2.38. The third-order valence-corrected chi connectivity index (χ3v) is 3.24.